The summed E-state index contributed by atoms with van der Waals surface area (Å²) in [7, 11) is 0. The lowest BCUT2D eigenvalue weighted by atomic mass is 10.2. The van der Waals surface area contributed by atoms with Crippen molar-refractivity contribution in [2.75, 3.05) is 5.73 Å². The van der Waals surface area contributed by atoms with E-state index in [-0.39, 0.29) is 28.9 Å². The van der Waals surface area contributed by atoms with Gasteiger partial charge in [-0.2, -0.15) is 9.67 Å². The molecule has 0 aliphatic carbocycles. The van der Waals surface area contributed by atoms with E-state index >= 15 is 0 Å². The van der Waals surface area contributed by atoms with Crippen LogP contribution in [0.5, 0.6) is 0 Å². The van der Waals surface area contributed by atoms with Gasteiger partial charge in [0.05, 0.1) is 5.03 Å². The Bertz CT molecular complexity index is 990. The summed E-state index contributed by atoms with van der Waals surface area (Å²) in [4.78, 5) is 4.18. The van der Waals surface area contributed by atoms with Crippen LogP contribution >= 0.6 is 11.6 Å². The van der Waals surface area contributed by atoms with Gasteiger partial charge >= 0.3 is 0 Å². The molecule has 0 aliphatic rings. The van der Waals surface area contributed by atoms with E-state index in [9.17, 15) is 4.39 Å². The molecule has 2 N–H and O–H groups in total. The molecule has 3 rings (SSSR count). The monoisotopic (exact) mass is 358 g/mol. The van der Waals surface area contributed by atoms with Gasteiger partial charge in [-0.25, -0.2) is 4.39 Å². The highest BCUT2D eigenvalue weighted by Gasteiger charge is 2.21. The average Bonchev–Trinajstić information content (AvgIpc) is 3.23. The predicted molar refractivity (Wildman–Crippen MR) is 92.2 cm³/mol. The van der Waals surface area contributed by atoms with Crippen molar-refractivity contribution in [2.45, 2.75) is 0 Å². The molecule has 7 nitrogen and oxygen atoms in total. The number of hydrogen-bond acceptors (Lipinski definition) is 6. The summed E-state index contributed by atoms with van der Waals surface area (Å²) >= 11 is 6.02. The van der Waals surface area contributed by atoms with Crippen molar-refractivity contribution in [1.82, 2.24) is 25.1 Å². The highest BCUT2D eigenvalue weighted by molar-refractivity contribution is 6.34. The average molecular weight is 359 g/mol. The first-order valence-electron chi connectivity index (χ1n) is 7.02. The van der Waals surface area contributed by atoms with Gasteiger partial charge in [0.2, 0.25) is 5.82 Å². The zero-order chi connectivity index (χ0) is 18.0. The topological polar surface area (TPSA) is 95.7 Å². The van der Waals surface area contributed by atoms with Crippen LogP contribution < -0.4 is 5.73 Å². The Morgan fingerprint density at radius 3 is 2.72 bits per heavy atom. The van der Waals surface area contributed by atoms with Crippen LogP contribution in [0.15, 0.2) is 59.1 Å². The number of nitrogens with two attached hydrogens (primary N) is 1. The number of halogens is 2. The number of anilines is 1. The third kappa shape index (κ3) is 2.94. The standard InChI is InChI=1S/C16H12ClFN6O/c1-3-9(10(17)4-2)15-20-16(25-22-15)13-14(19)24(23-21-13)12-8-6-5-7-11(12)18/h3-8H,1-2,19H2/b10-9-. The van der Waals surface area contributed by atoms with Gasteiger partial charge in [0, 0.05) is 5.57 Å². The second kappa shape index (κ2) is 6.70. The molecule has 0 atom stereocenters. The van der Waals surface area contributed by atoms with E-state index < -0.39 is 5.82 Å². The Hall–Kier alpha value is -3.26. The van der Waals surface area contributed by atoms with Crippen LogP contribution in [0.2, 0.25) is 0 Å². The maximum Gasteiger partial charge on any atom is 0.282 e. The Labute approximate surface area is 146 Å². The number of para-hydroxylation sites is 1. The number of nitrogen functional groups attached to an aromatic ring is 1. The van der Waals surface area contributed by atoms with Crippen LogP contribution in [-0.2, 0) is 0 Å². The second-order valence-corrected chi connectivity index (χ2v) is 5.19. The normalized spacial score (nSPS) is 11.9. The summed E-state index contributed by atoms with van der Waals surface area (Å²) in [6.45, 7) is 7.22. The van der Waals surface area contributed by atoms with Gasteiger partial charge in [-0.15, -0.1) is 5.10 Å². The van der Waals surface area contributed by atoms with E-state index in [2.05, 4.69) is 33.6 Å². The summed E-state index contributed by atoms with van der Waals surface area (Å²) in [5, 5.41) is 11.9. The number of aromatic nitrogens is 5. The van der Waals surface area contributed by atoms with Crippen molar-refractivity contribution in [2.24, 2.45) is 0 Å². The number of rotatable bonds is 5. The molecule has 2 aromatic heterocycles. The van der Waals surface area contributed by atoms with Gasteiger partial charge in [0.1, 0.15) is 11.5 Å². The van der Waals surface area contributed by atoms with Crippen LogP contribution in [0, 0.1) is 5.82 Å². The number of hydrogen-bond donors (Lipinski definition) is 1. The first-order chi connectivity index (χ1) is 12.1. The van der Waals surface area contributed by atoms with Gasteiger partial charge in [-0.05, 0) is 18.2 Å². The Morgan fingerprint density at radius 1 is 1.28 bits per heavy atom. The molecule has 0 bridgehead atoms. The quantitative estimate of drug-likeness (QED) is 0.702. The molecule has 9 heteroatoms. The molecule has 1 aromatic carbocycles. The zero-order valence-corrected chi connectivity index (χ0v) is 13.6. The van der Waals surface area contributed by atoms with E-state index in [0.29, 0.717) is 10.6 Å². The van der Waals surface area contributed by atoms with Crippen LogP contribution in [0.3, 0.4) is 0 Å². The molecule has 25 heavy (non-hydrogen) atoms. The second-order valence-electron chi connectivity index (χ2n) is 4.78. The van der Waals surface area contributed by atoms with Crippen LogP contribution in [0.1, 0.15) is 5.82 Å². The Balaban J connectivity index is 2.04. The fraction of sp³-hybridized carbons (Fsp3) is 0. The molecular formula is C16H12ClFN6O. The summed E-state index contributed by atoms with van der Waals surface area (Å²) in [5.41, 5.74) is 6.72. The van der Waals surface area contributed by atoms with Crippen LogP contribution in [-0.4, -0.2) is 25.1 Å². The first-order valence-corrected chi connectivity index (χ1v) is 7.39. The molecule has 0 amide bonds. The molecule has 0 spiro atoms. The molecule has 126 valence electrons. The van der Waals surface area contributed by atoms with Crippen molar-refractivity contribution < 1.29 is 8.91 Å². The minimum absolute atomic E-state index is 0.0166. The van der Waals surface area contributed by atoms with Crippen molar-refractivity contribution in [3.05, 3.63) is 66.2 Å². The maximum atomic E-state index is 13.9. The highest BCUT2D eigenvalue weighted by Crippen LogP contribution is 2.27. The third-order valence-electron chi connectivity index (χ3n) is 3.30. The van der Waals surface area contributed by atoms with Gasteiger partial charge in [-0.3, -0.25) is 0 Å². The summed E-state index contributed by atoms with van der Waals surface area (Å²) in [6.07, 6.45) is 2.90. The van der Waals surface area contributed by atoms with Gasteiger partial charge in [-0.1, -0.05) is 53.3 Å². The lowest BCUT2D eigenvalue weighted by molar-refractivity contribution is 0.427. The lowest BCUT2D eigenvalue weighted by Gasteiger charge is -2.03. The highest BCUT2D eigenvalue weighted by atomic mass is 35.5. The molecule has 0 radical (unpaired) electrons. The predicted octanol–water partition coefficient (Wildman–Crippen LogP) is 3.36. The Kier molecular flexibility index (Phi) is 4.44. The molecular weight excluding hydrogens is 347 g/mol. The largest absolute Gasteiger partial charge is 0.382 e. The van der Waals surface area contributed by atoms with Crippen molar-refractivity contribution >= 4 is 23.0 Å². The molecule has 0 unspecified atom stereocenters. The number of benzene rings is 1. The van der Waals surface area contributed by atoms with E-state index in [4.69, 9.17) is 21.9 Å². The van der Waals surface area contributed by atoms with E-state index in [1.54, 1.807) is 12.1 Å². The smallest absolute Gasteiger partial charge is 0.282 e. The molecule has 0 saturated carbocycles. The molecule has 2 heterocycles. The van der Waals surface area contributed by atoms with E-state index in [1.807, 2.05) is 0 Å². The summed E-state index contributed by atoms with van der Waals surface area (Å²) in [5.74, 6) is -0.233. The van der Waals surface area contributed by atoms with E-state index in [0.717, 1.165) is 4.68 Å². The van der Waals surface area contributed by atoms with Crippen molar-refractivity contribution in [1.29, 1.82) is 0 Å². The summed E-state index contributed by atoms with van der Waals surface area (Å²) in [6, 6.07) is 6.03. The minimum Gasteiger partial charge on any atom is -0.382 e. The Morgan fingerprint density at radius 2 is 2.04 bits per heavy atom. The molecule has 0 aliphatic heterocycles. The fourth-order valence-electron chi connectivity index (χ4n) is 2.08. The fourth-order valence-corrected chi connectivity index (χ4v) is 2.24. The van der Waals surface area contributed by atoms with Crippen molar-refractivity contribution in [3.63, 3.8) is 0 Å². The summed E-state index contributed by atoms with van der Waals surface area (Å²) < 4.78 is 20.2. The van der Waals surface area contributed by atoms with Crippen LogP contribution in [0.4, 0.5) is 10.2 Å². The maximum absolute atomic E-state index is 13.9. The van der Waals surface area contributed by atoms with Gasteiger partial charge in [0.15, 0.2) is 11.5 Å². The minimum atomic E-state index is -0.494. The van der Waals surface area contributed by atoms with Gasteiger partial charge in [0.25, 0.3) is 5.89 Å². The molecule has 0 fully saturated rings. The SMILES string of the molecule is C=C/C(Cl)=C(\C=C)c1noc(-c2nnn(-c3ccccc3F)c2N)n1. The van der Waals surface area contributed by atoms with Crippen LogP contribution in [0.25, 0.3) is 22.8 Å². The third-order valence-corrected chi connectivity index (χ3v) is 3.65. The number of nitrogens with zero attached hydrogens (tertiary/aromatic N) is 5. The molecule has 0 saturated heterocycles. The zero-order valence-electron chi connectivity index (χ0n) is 12.9. The lowest BCUT2D eigenvalue weighted by Crippen LogP contribution is -2.04. The van der Waals surface area contributed by atoms with Crippen molar-refractivity contribution in [3.8, 4) is 17.3 Å². The van der Waals surface area contributed by atoms with E-state index in [1.165, 1.54) is 24.3 Å². The number of allylic oxidation sites excluding steroid dienone is 4. The molecule has 3 aromatic rings. The first kappa shape index (κ1) is 16.6. The van der Waals surface area contributed by atoms with Gasteiger partial charge < -0.3 is 10.3 Å².